The highest BCUT2D eigenvalue weighted by atomic mass is 79.9. The molecule has 0 aliphatic carbocycles. The predicted octanol–water partition coefficient (Wildman–Crippen LogP) is 1.87. The fraction of sp³-hybridized carbons (Fsp3) is 0.423. The molecule has 1 aliphatic heterocycles. The Morgan fingerprint density at radius 1 is 0.929 bits per heavy atom. The number of rotatable bonds is 9. The van der Waals surface area contributed by atoms with Crippen molar-refractivity contribution >= 4 is 50.8 Å². The van der Waals surface area contributed by atoms with Crippen LogP contribution in [0.2, 0.25) is 0 Å². The third kappa shape index (κ3) is 7.57. The molecule has 5 atom stereocenters. The van der Waals surface area contributed by atoms with Crippen LogP contribution in [-0.4, -0.2) is 76.2 Å². The lowest BCUT2D eigenvalue weighted by Gasteiger charge is -2.43. The highest BCUT2D eigenvalue weighted by molar-refractivity contribution is 9.10. The summed E-state index contributed by atoms with van der Waals surface area (Å²) >= 11 is 3.40. The zero-order valence-electron chi connectivity index (χ0n) is 22.8. The van der Waals surface area contributed by atoms with E-state index in [-0.39, 0.29) is 6.73 Å². The zero-order valence-corrected chi connectivity index (χ0v) is 24.4. The number of fused-ring (bicyclic) bond motifs is 1. The first kappa shape index (κ1) is 30.8. The number of hydrogen-bond acceptors (Lipinski definition) is 14. The van der Waals surface area contributed by atoms with Gasteiger partial charge in [-0.3, -0.25) is 19.2 Å². The number of aromatic nitrogens is 3. The Morgan fingerprint density at radius 2 is 1.60 bits per heavy atom. The first-order valence-electron chi connectivity index (χ1n) is 12.5. The number of nitrogens with zero attached hydrogens (tertiary/aromatic N) is 3. The Kier molecular flexibility index (Phi) is 9.70. The Hall–Kier alpha value is -4.15. The Bertz CT molecular complexity index is 1550. The van der Waals surface area contributed by atoms with Crippen LogP contribution < -0.4 is 5.63 Å². The number of benzene rings is 1. The summed E-state index contributed by atoms with van der Waals surface area (Å²) in [5.41, 5.74) is 0.560. The second-order valence-corrected chi connectivity index (χ2v) is 10.0. The van der Waals surface area contributed by atoms with Gasteiger partial charge in [-0.25, -0.2) is 9.48 Å². The molecule has 0 bridgehead atoms. The first-order valence-corrected chi connectivity index (χ1v) is 13.3. The second-order valence-electron chi connectivity index (χ2n) is 9.13. The lowest BCUT2D eigenvalue weighted by atomic mass is 9.98. The van der Waals surface area contributed by atoms with Crippen molar-refractivity contribution in [3.8, 4) is 11.3 Å². The van der Waals surface area contributed by atoms with Crippen molar-refractivity contribution in [2.24, 2.45) is 0 Å². The van der Waals surface area contributed by atoms with Crippen LogP contribution in [0.15, 0.2) is 44.1 Å². The molecule has 1 fully saturated rings. The summed E-state index contributed by atoms with van der Waals surface area (Å²) < 4.78 is 40.2. The molecular formula is C26H26BrN3O12. The Labute approximate surface area is 246 Å². The molecule has 0 radical (unpaired) electrons. The van der Waals surface area contributed by atoms with Crippen LogP contribution in [0.4, 0.5) is 0 Å². The SMILES string of the molecule is CC(=O)OC[C@H]1O[C@@H](OCn2cc(-c3cc(=O)oc4ccc(Br)cc34)nn2)[C@H](OC(C)=O)[C@@H](OC(C)=O)[C@@H]1OC(C)=O. The van der Waals surface area contributed by atoms with Gasteiger partial charge in [0.2, 0.25) is 6.29 Å². The number of ether oxygens (including phenoxy) is 6. The summed E-state index contributed by atoms with van der Waals surface area (Å²) in [5.74, 6) is -2.93. The molecule has 16 heteroatoms. The Morgan fingerprint density at radius 3 is 2.26 bits per heavy atom. The number of carbonyl (C=O) groups excluding carboxylic acids is 4. The second kappa shape index (κ2) is 13.2. The van der Waals surface area contributed by atoms with E-state index in [2.05, 4.69) is 26.2 Å². The van der Waals surface area contributed by atoms with E-state index in [0.29, 0.717) is 22.2 Å². The molecule has 0 amide bonds. The zero-order chi connectivity index (χ0) is 30.6. The molecule has 0 spiro atoms. The van der Waals surface area contributed by atoms with Crippen LogP contribution in [0, 0.1) is 0 Å². The van der Waals surface area contributed by atoms with Gasteiger partial charge in [0.05, 0.1) is 6.20 Å². The van der Waals surface area contributed by atoms with E-state index in [1.165, 1.54) is 23.9 Å². The van der Waals surface area contributed by atoms with Gasteiger partial charge in [-0.1, -0.05) is 21.1 Å². The molecular weight excluding hydrogens is 626 g/mol. The molecule has 15 nitrogen and oxygen atoms in total. The van der Waals surface area contributed by atoms with E-state index < -0.39 is 66.8 Å². The van der Waals surface area contributed by atoms with Gasteiger partial charge in [0, 0.05) is 49.2 Å². The molecule has 0 unspecified atom stereocenters. The van der Waals surface area contributed by atoms with Gasteiger partial charge in [0.25, 0.3) is 0 Å². The van der Waals surface area contributed by atoms with Gasteiger partial charge < -0.3 is 32.8 Å². The molecule has 224 valence electrons. The summed E-state index contributed by atoms with van der Waals surface area (Å²) in [6.45, 7) is 3.82. The standard InChI is InChI=1S/C26H26BrN3O12/c1-12(31)36-10-21-23(38-13(2)32)24(39-14(3)33)25(40-15(4)34)26(42-21)37-11-30-9-19(28-29-30)17-8-22(35)41-20-6-5-16(27)7-18(17)20/h5-9,21,23-26H,10-11H2,1-4H3/t21-,23-,24+,25-,26-/m1/s1. The summed E-state index contributed by atoms with van der Waals surface area (Å²) in [6, 6.07) is 6.42. The van der Waals surface area contributed by atoms with Crippen molar-refractivity contribution in [1.29, 1.82) is 0 Å². The van der Waals surface area contributed by atoms with Crippen LogP contribution in [0.1, 0.15) is 27.7 Å². The Balaban J connectivity index is 1.62. The number of halogens is 1. The van der Waals surface area contributed by atoms with Gasteiger partial charge in [-0.2, -0.15) is 0 Å². The fourth-order valence-corrected chi connectivity index (χ4v) is 4.67. The molecule has 4 rings (SSSR count). The maximum atomic E-state index is 12.1. The highest BCUT2D eigenvalue weighted by Gasteiger charge is 2.52. The molecule has 0 N–H and O–H groups in total. The predicted molar refractivity (Wildman–Crippen MR) is 142 cm³/mol. The number of carbonyl (C=O) groups is 4. The van der Waals surface area contributed by atoms with E-state index >= 15 is 0 Å². The summed E-state index contributed by atoms with van der Waals surface area (Å²) in [7, 11) is 0. The van der Waals surface area contributed by atoms with Crippen LogP contribution in [0.3, 0.4) is 0 Å². The minimum absolute atomic E-state index is 0.316. The maximum Gasteiger partial charge on any atom is 0.336 e. The van der Waals surface area contributed by atoms with Crippen molar-refractivity contribution in [3.63, 3.8) is 0 Å². The third-order valence-corrected chi connectivity index (χ3v) is 6.33. The van der Waals surface area contributed by atoms with Crippen LogP contribution in [0.25, 0.3) is 22.2 Å². The maximum absolute atomic E-state index is 12.1. The average molecular weight is 652 g/mol. The van der Waals surface area contributed by atoms with E-state index in [4.69, 9.17) is 32.8 Å². The van der Waals surface area contributed by atoms with Crippen molar-refractivity contribution in [3.05, 3.63) is 45.4 Å². The third-order valence-electron chi connectivity index (χ3n) is 5.84. The van der Waals surface area contributed by atoms with Gasteiger partial charge in [-0.05, 0) is 18.2 Å². The van der Waals surface area contributed by atoms with Gasteiger partial charge >= 0.3 is 29.5 Å². The lowest BCUT2D eigenvalue weighted by Crippen LogP contribution is -2.63. The summed E-state index contributed by atoms with van der Waals surface area (Å²) in [4.78, 5) is 59.5. The molecule has 3 aromatic rings. The number of esters is 4. The fourth-order valence-electron chi connectivity index (χ4n) is 4.30. The van der Waals surface area contributed by atoms with Crippen LogP contribution in [0.5, 0.6) is 0 Å². The molecule has 3 heterocycles. The quantitative estimate of drug-likeness (QED) is 0.185. The lowest BCUT2D eigenvalue weighted by molar-refractivity contribution is -0.315. The van der Waals surface area contributed by atoms with Crippen molar-refractivity contribution in [1.82, 2.24) is 15.0 Å². The van der Waals surface area contributed by atoms with E-state index in [0.717, 1.165) is 25.2 Å². The monoisotopic (exact) mass is 651 g/mol. The molecule has 1 aromatic carbocycles. The summed E-state index contributed by atoms with van der Waals surface area (Å²) in [5, 5.41) is 8.77. The molecule has 2 aromatic heterocycles. The minimum atomic E-state index is -1.40. The smallest absolute Gasteiger partial charge is 0.336 e. The van der Waals surface area contributed by atoms with Crippen molar-refractivity contribution < 1.29 is 52.0 Å². The van der Waals surface area contributed by atoms with E-state index in [1.54, 1.807) is 18.2 Å². The first-order chi connectivity index (χ1) is 19.9. The number of hydrogen-bond donors (Lipinski definition) is 0. The van der Waals surface area contributed by atoms with Crippen LogP contribution in [-0.2, 0) is 54.3 Å². The summed E-state index contributed by atoms with van der Waals surface area (Å²) in [6.07, 6.45) is -5.16. The van der Waals surface area contributed by atoms with Crippen molar-refractivity contribution in [2.45, 2.75) is 65.1 Å². The van der Waals surface area contributed by atoms with E-state index in [9.17, 15) is 24.0 Å². The molecule has 1 saturated heterocycles. The van der Waals surface area contributed by atoms with Gasteiger partial charge in [0.1, 0.15) is 30.7 Å². The normalized spacial score (nSPS) is 21.9. The highest BCUT2D eigenvalue weighted by Crippen LogP contribution is 2.31. The van der Waals surface area contributed by atoms with Gasteiger partial charge in [-0.15, -0.1) is 5.10 Å². The molecule has 1 aliphatic rings. The topological polar surface area (TPSA) is 185 Å². The van der Waals surface area contributed by atoms with Gasteiger partial charge in [0.15, 0.2) is 18.3 Å². The minimum Gasteiger partial charge on any atom is -0.463 e. The average Bonchev–Trinajstić information content (AvgIpc) is 3.37. The molecule has 0 saturated carbocycles. The molecule has 42 heavy (non-hydrogen) atoms. The largest absolute Gasteiger partial charge is 0.463 e. The van der Waals surface area contributed by atoms with Crippen molar-refractivity contribution in [2.75, 3.05) is 6.61 Å². The van der Waals surface area contributed by atoms with Crippen LogP contribution >= 0.6 is 15.9 Å². The van der Waals surface area contributed by atoms with E-state index in [1.807, 2.05) is 0 Å².